The summed E-state index contributed by atoms with van der Waals surface area (Å²) in [5, 5.41) is 0. The molecule has 8 aromatic rings. The second-order valence-corrected chi connectivity index (χ2v) is 20.8. The normalized spacial score (nSPS) is 14.9. The molecule has 0 amide bonds. The molecule has 6 aromatic carbocycles. The fourth-order valence-electron chi connectivity index (χ4n) is 8.60. The average Bonchev–Trinajstić information content (AvgIpc) is 4.10. The van der Waals surface area contributed by atoms with Crippen LogP contribution >= 0.6 is 22.7 Å². The summed E-state index contributed by atoms with van der Waals surface area (Å²) in [6.07, 6.45) is 7.26. The van der Waals surface area contributed by atoms with Crippen LogP contribution in [0.15, 0.2) is 170 Å². The van der Waals surface area contributed by atoms with Gasteiger partial charge in [-0.2, -0.15) is 0 Å². The van der Waals surface area contributed by atoms with Crippen molar-refractivity contribution in [2.75, 3.05) is 0 Å². The molecule has 2 unspecified atom stereocenters. The number of aryl methyl sites for hydroxylation is 2. The van der Waals surface area contributed by atoms with E-state index in [4.69, 9.17) is 0 Å². The van der Waals surface area contributed by atoms with E-state index in [1.807, 2.05) is 22.7 Å². The van der Waals surface area contributed by atoms with Crippen LogP contribution in [-0.2, 0) is 36.1 Å². The van der Waals surface area contributed by atoms with Crippen molar-refractivity contribution in [2.24, 2.45) is 0 Å². The number of thiophene rings is 2. The van der Waals surface area contributed by atoms with Crippen LogP contribution in [-0.4, -0.2) is 0 Å². The summed E-state index contributed by atoms with van der Waals surface area (Å²) in [6.45, 7) is 4.47. The average molecular weight is 917 g/mol. The Bertz CT molecular complexity index is 2580. The second-order valence-electron chi connectivity index (χ2n) is 15.0. The number of halogens is 2. The van der Waals surface area contributed by atoms with Crippen LogP contribution in [0, 0.1) is 0 Å². The summed E-state index contributed by atoms with van der Waals surface area (Å²) in [5.41, 5.74) is 19.5. The van der Waals surface area contributed by atoms with Crippen molar-refractivity contribution in [3.8, 4) is 43.1 Å². The van der Waals surface area contributed by atoms with Gasteiger partial charge in [-0.05, 0) is 0 Å². The van der Waals surface area contributed by atoms with Crippen LogP contribution in [0.1, 0.15) is 64.2 Å². The van der Waals surface area contributed by atoms with Crippen LogP contribution in [0.3, 0.4) is 0 Å². The van der Waals surface area contributed by atoms with E-state index < -0.39 is 23.2 Å². The summed E-state index contributed by atoms with van der Waals surface area (Å²) in [4.78, 5) is 5.47. The molecule has 0 spiro atoms. The molecule has 59 heavy (non-hydrogen) atoms. The molecule has 0 radical (unpaired) electrons. The molecular weight excluding hydrogens is 875 g/mol. The summed E-state index contributed by atoms with van der Waals surface area (Å²) in [5.74, 6) is 0. The molecule has 2 aliphatic rings. The van der Waals surface area contributed by atoms with Crippen LogP contribution < -0.4 is 24.8 Å². The smallest absolute Gasteiger partial charge is 1.00 e. The molecule has 0 aliphatic heterocycles. The molecule has 288 valence electrons. The molecular formula is C54H42Cl2S2Zr. The zero-order chi connectivity index (χ0) is 38.3. The summed E-state index contributed by atoms with van der Waals surface area (Å²) >= 11 is 2.61. The van der Waals surface area contributed by atoms with Crippen molar-refractivity contribution >= 4 is 46.0 Å². The Labute approximate surface area is 380 Å². The molecule has 2 aromatic heterocycles. The van der Waals surface area contributed by atoms with Crippen LogP contribution in [0.25, 0.3) is 66.4 Å². The van der Waals surface area contributed by atoms with Gasteiger partial charge in [-0.3, -0.25) is 0 Å². The van der Waals surface area contributed by atoms with Gasteiger partial charge in [0.25, 0.3) is 0 Å². The standard InChI is InChI=1S/2C27H21S.2ClH.Zr/c2*1-2-19-11-13-20(14-12-19)24-10-6-9-22-17-23(18-25(22)24)27-16-15-26(28-27)21-7-4-3-5-8-21;;;/h2*3-18H,2H2,1H3;2*1H;/q;;;;+2/p-2. The van der Waals surface area contributed by atoms with Gasteiger partial charge in [-0.1, -0.05) is 0 Å². The van der Waals surface area contributed by atoms with Crippen LogP contribution in [0.2, 0.25) is 0 Å². The third-order valence-electron chi connectivity index (χ3n) is 11.7. The molecule has 2 aliphatic carbocycles. The third-order valence-corrected chi connectivity index (χ3v) is 18.8. The molecule has 2 heterocycles. The molecule has 0 N–H and O–H groups in total. The van der Waals surface area contributed by atoms with Crippen molar-refractivity contribution in [1.82, 2.24) is 0 Å². The fourth-order valence-corrected chi connectivity index (χ4v) is 16.2. The number of benzene rings is 6. The van der Waals surface area contributed by atoms with Gasteiger partial charge in [0.2, 0.25) is 0 Å². The minimum Gasteiger partial charge on any atom is -1.00 e. The molecule has 10 rings (SSSR count). The number of allylic oxidation sites excluding steroid dienone is 2. The Morgan fingerprint density at radius 3 is 1.17 bits per heavy atom. The number of hydrogen-bond donors (Lipinski definition) is 0. The molecule has 0 saturated carbocycles. The first-order valence-corrected chi connectivity index (χ1v) is 24.6. The topological polar surface area (TPSA) is 0 Å². The van der Waals surface area contributed by atoms with Gasteiger partial charge in [-0.15, -0.1) is 0 Å². The number of hydrogen-bond acceptors (Lipinski definition) is 2. The zero-order valence-electron chi connectivity index (χ0n) is 33.0. The second kappa shape index (κ2) is 18.1. The van der Waals surface area contributed by atoms with Gasteiger partial charge in [0.15, 0.2) is 0 Å². The fraction of sp³-hybridized carbons (Fsp3) is 0.111. The Morgan fingerprint density at radius 2 is 0.780 bits per heavy atom. The van der Waals surface area contributed by atoms with Crippen molar-refractivity contribution < 1.29 is 48.0 Å². The minimum absolute atomic E-state index is 0. The number of fused-ring (bicyclic) bond motifs is 2. The Balaban J connectivity index is 0.00000242. The van der Waals surface area contributed by atoms with E-state index >= 15 is 0 Å². The van der Waals surface area contributed by atoms with E-state index in [0.29, 0.717) is 7.25 Å². The molecule has 0 bridgehead atoms. The molecule has 0 nitrogen and oxygen atoms in total. The summed E-state index contributed by atoms with van der Waals surface area (Å²) in [7, 11) is 0. The first-order chi connectivity index (χ1) is 28.1. The maximum atomic E-state index is 2.58. The van der Waals surface area contributed by atoms with Gasteiger partial charge in [-0.25, -0.2) is 0 Å². The van der Waals surface area contributed by atoms with E-state index in [0.717, 1.165) is 12.8 Å². The van der Waals surface area contributed by atoms with E-state index in [1.54, 1.807) is 0 Å². The van der Waals surface area contributed by atoms with E-state index in [9.17, 15) is 0 Å². The maximum absolute atomic E-state index is 2.58. The van der Waals surface area contributed by atoms with E-state index in [1.165, 1.54) is 97.4 Å². The van der Waals surface area contributed by atoms with Crippen molar-refractivity contribution in [2.45, 2.75) is 33.9 Å². The van der Waals surface area contributed by atoms with Gasteiger partial charge < -0.3 is 24.8 Å². The van der Waals surface area contributed by atoms with Crippen molar-refractivity contribution in [3.05, 3.63) is 213 Å². The van der Waals surface area contributed by atoms with Gasteiger partial charge in [0.05, 0.1) is 0 Å². The minimum atomic E-state index is -1.30. The Morgan fingerprint density at radius 1 is 0.390 bits per heavy atom. The Hall–Kier alpha value is -4.34. The quantitative estimate of drug-likeness (QED) is 0.128. The van der Waals surface area contributed by atoms with Crippen molar-refractivity contribution in [3.63, 3.8) is 0 Å². The molecule has 2 atom stereocenters. The van der Waals surface area contributed by atoms with Crippen molar-refractivity contribution in [1.29, 1.82) is 0 Å². The van der Waals surface area contributed by atoms with Gasteiger partial charge in [0, 0.05) is 0 Å². The van der Waals surface area contributed by atoms with Gasteiger partial charge >= 0.3 is 359 Å². The molecule has 5 heteroatoms. The summed E-state index contributed by atoms with van der Waals surface area (Å²) in [6, 6.07) is 64.0. The van der Waals surface area contributed by atoms with Crippen LogP contribution in [0.4, 0.5) is 0 Å². The summed E-state index contributed by atoms with van der Waals surface area (Å²) < 4.78 is 0.808. The van der Waals surface area contributed by atoms with Gasteiger partial charge in [0.1, 0.15) is 0 Å². The van der Waals surface area contributed by atoms with E-state index in [2.05, 4.69) is 196 Å². The Kier molecular flexibility index (Phi) is 12.7. The SMILES string of the molecule is CCc1ccc(-c2cccc3c2C=C(c2ccc(-c4ccccc4)s2)[CH]3[Zr+2][CH]2C(c3ccc(-c4ccccc4)s3)=Cc3c(-c4ccc(CC)cc4)cccc32)cc1.[Cl-].[Cl-]. The third kappa shape index (κ3) is 8.02. The monoisotopic (exact) mass is 914 g/mol. The number of rotatable bonds is 10. The zero-order valence-corrected chi connectivity index (χ0v) is 38.6. The first kappa shape index (κ1) is 41.4. The molecule has 0 fully saturated rings. The predicted octanol–water partition coefficient (Wildman–Crippen LogP) is 9.58. The molecule has 0 saturated heterocycles. The van der Waals surface area contributed by atoms with E-state index in [-0.39, 0.29) is 24.8 Å². The predicted molar refractivity (Wildman–Crippen MR) is 243 cm³/mol. The largest absolute Gasteiger partial charge is 1.00 e. The van der Waals surface area contributed by atoms with Crippen LogP contribution in [0.5, 0.6) is 0 Å². The first-order valence-electron chi connectivity index (χ1n) is 20.1. The maximum Gasteiger partial charge on any atom is -1.00 e.